The fraction of sp³-hybridized carbons (Fsp3) is 0.667. The third kappa shape index (κ3) is 4.35. The van der Waals surface area contributed by atoms with Crippen LogP contribution >= 0.6 is 0 Å². The number of amides is 1. The summed E-state index contributed by atoms with van der Waals surface area (Å²) in [4.78, 5) is 14.6. The molecule has 2 atom stereocenters. The molecule has 3 rings (SSSR count). The number of benzene rings is 1. The van der Waals surface area contributed by atoms with Gasteiger partial charge in [0.15, 0.2) is 0 Å². The molecule has 25 heavy (non-hydrogen) atoms. The standard InChI is InChI=1S/C21H32N2O2/c1-3-5-6-7-8-12-22-21(24)25-17-10-9-16-14-20-18(19(16)15-17)11-13-23(20)4-2/h9-10,15,18,20H,3-8,11-14H2,1-2H3,(H,22,24)/t18-,20+/m1/s1. The van der Waals surface area contributed by atoms with Gasteiger partial charge >= 0.3 is 6.09 Å². The predicted molar refractivity (Wildman–Crippen MR) is 101 cm³/mol. The van der Waals surface area contributed by atoms with Gasteiger partial charge < -0.3 is 10.1 Å². The van der Waals surface area contributed by atoms with Gasteiger partial charge in [-0.25, -0.2) is 4.79 Å². The molecule has 2 aliphatic rings. The minimum atomic E-state index is -0.327. The fourth-order valence-electron chi connectivity index (χ4n) is 4.40. The van der Waals surface area contributed by atoms with Crippen LogP contribution in [0.3, 0.4) is 0 Å². The van der Waals surface area contributed by atoms with E-state index in [2.05, 4.69) is 36.2 Å². The Morgan fingerprint density at radius 3 is 2.88 bits per heavy atom. The molecular formula is C21H32N2O2. The van der Waals surface area contributed by atoms with Gasteiger partial charge in [-0.2, -0.15) is 0 Å². The number of hydrogen-bond acceptors (Lipinski definition) is 3. The number of nitrogens with zero attached hydrogens (tertiary/aromatic N) is 1. The number of nitrogens with one attached hydrogen (secondary N) is 1. The van der Waals surface area contributed by atoms with Gasteiger partial charge in [0.05, 0.1) is 0 Å². The van der Waals surface area contributed by atoms with E-state index in [-0.39, 0.29) is 6.09 Å². The van der Waals surface area contributed by atoms with E-state index in [1.54, 1.807) is 0 Å². The van der Waals surface area contributed by atoms with E-state index in [0.29, 0.717) is 24.3 Å². The summed E-state index contributed by atoms with van der Waals surface area (Å²) in [6.07, 6.45) is 7.99. The first-order valence-electron chi connectivity index (χ1n) is 10.1. The van der Waals surface area contributed by atoms with Gasteiger partial charge in [-0.3, -0.25) is 4.90 Å². The van der Waals surface area contributed by atoms with Gasteiger partial charge in [-0.1, -0.05) is 45.6 Å². The summed E-state index contributed by atoms with van der Waals surface area (Å²) < 4.78 is 5.51. The monoisotopic (exact) mass is 344 g/mol. The summed E-state index contributed by atoms with van der Waals surface area (Å²) in [6.45, 7) is 7.46. The topological polar surface area (TPSA) is 41.6 Å². The molecule has 1 aliphatic carbocycles. The van der Waals surface area contributed by atoms with Gasteiger partial charge in [-0.05, 0) is 55.6 Å². The van der Waals surface area contributed by atoms with Crippen LogP contribution in [0.5, 0.6) is 5.75 Å². The van der Waals surface area contributed by atoms with E-state index in [4.69, 9.17) is 4.74 Å². The van der Waals surface area contributed by atoms with E-state index in [1.807, 2.05) is 6.07 Å². The number of likely N-dealkylation sites (tertiary alicyclic amines) is 1. The Labute approximate surface area is 151 Å². The molecule has 1 fully saturated rings. The van der Waals surface area contributed by atoms with Gasteiger partial charge in [0.1, 0.15) is 5.75 Å². The van der Waals surface area contributed by atoms with Crippen LogP contribution in [-0.4, -0.2) is 36.7 Å². The fourth-order valence-corrected chi connectivity index (χ4v) is 4.40. The molecule has 4 nitrogen and oxygen atoms in total. The predicted octanol–water partition coefficient (Wildman–Crippen LogP) is 4.48. The number of unbranched alkanes of at least 4 members (excludes halogenated alkanes) is 4. The van der Waals surface area contributed by atoms with Crippen LogP contribution < -0.4 is 10.1 Å². The number of ether oxygens (including phenoxy) is 1. The van der Waals surface area contributed by atoms with Crippen molar-refractivity contribution in [1.82, 2.24) is 10.2 Å². The first kappa shape index (κ1) is 18.2. The van der Waals surface area contributed by atoms with Crippen LogP contribution in [-0.2, 0) is 6.42 Å². The zero-order chi connectivity index (χ0) is 17.6. The molecule has 4 heteroatoms. The Bertz CT molecular complexity index is 587. The summed E-state index contributed by atoms with van der Waals surface area (Å²) in [5.41, 5.74) is 2.82. The normalized spacial score (nSPS) is 21.8. The molecule has 1 saturated heterocycles. The maximum Gasteiger partial charge on any atom is 0.412 e. The van der Waals surface area contributed by atoms with Gasteiger partial charge in [0, 0.05) is 18.5 Å². The average Bonchev–Trinajstić information content (AvgIpc) is 3.17. The molecular weight excluding hydrogens is 312 g/mol. The molecule has 138 valence electrons. The lowest BCUT2D eigenvalue weighted by Gasteiger charge is -2.21. The number of fused-ring (bicyclic) bond motifs is 3. The van der Waals surface area contributed by atoms with Crippen LogP contribution in [0.25, 0.3) is 0 Å². The molecule has 1 amide bonds. The van der Waals surface area contributed by atoms with Crippen molar-refractivity contribution in [3.8, 4) is 5.75 Å². The van der Waals surface area contributed by atoms with E-state index in [1.165, 1.54) is 49.8 Å². The zero-order valence-electron chi connectivity index (χ0n) is 15.7. The molecule has 1 heterocycles. The van der Waals surface area contributed by atoms with Crippen LogP contribution in [0.15, 0.2) is 18.2 Å². The quantitative estimate of drug-likeness (QED) is 0.707. The Morgan fingerprint density at radius 2 is 2.08 bits per heavy atom. The first-order valence-corrected chi connectivity index (χ1v) is 10.1. The summed E-state index contributed by atoms with van der Waals surface area (Å²) in [5.74, 6) is 1.29. The summed E-state index contributed by atoms with van der Waals surface area (Å²) in [5, 5.41) is 2.87. The van der Waals surface area contributed by atoms with Crippen molar-refractivity contribution in [1.29, 1.82) is 0 Å². The Kier molecular flexibility index (Phi) is 6.35. The highest BCUT2D eigenvalue weighted by molar-refractivity contribution is 5.70. The van der Waals surface area contributed by atoms with Gasteiger partial charge in [0.2, 0.25) is 0 Å². The summed E-state index contributed by atoms with van der Waals surface area (Å²) in [6, 6.07) is 6.83. The van der Waals surface area contributed by atoms with E-state index in [9.17, 15) is 4.79 Å². The van der Waals surface area contributed by atoms with Crippen molar-refractivity contribution in [2.45, 2.75) is 70.8 Å². The molecule has 0 aromatic heterocycles. The third-order valence-electron chi connectivity index (χ3n) is 5.77. The lowest BCUT2D eigenvalue weighted by Crippen LogP contribution is -2.30. The van der Waals surface area contributed by atoms with Crippen LogP contribution in [0.4, 0.5) is 4.79 Å². The average molecular weight is 344 g/mol. The van der Waals surface area contributed by atoms with Gasteiger partial charge in [-0.15, -0.1) is 0 Å². The Morgan fingerprint density at radius 1 is 1.24 bits per heavy atom. The smallest absolute Gasteiger partial charge is 0.410 e. The number of rotatable bonds is 8. The van der Waals surface area contributed by atoms with E-state index >= 15 is 0 Å². The first-order chi connectivity index (χ1) is 12.2. The number of hydrogen-bond donors (Lipinski definition) is 1. The lowest BCUT2D eigenvalue weighted by atomic mass is 9.98. The Hall–Kier alpha value is -1.55. The second-order valence-corrected chi connectivity index (χ2v) is 7.39. The number of carbonyl (C=O) groups is 1. The minimum Gasteiger partial charge on any atom is -0.410 e. The van der Waals surface area contributed by atoms with Crippen LogP contribution in [0.1, 0.15) is 69.4 Å². The molecule has 1 aliphatic heterocycles. The molecule has 0 spiro atoms. The molecule has 1 aromatic rings. The van der Waals surface area contributed by atoms with E-state index in [0.717, 1.165) is 19.4 Å². The highest BCUT2D eigenvalue weighted by Crippen LogP contribution is 2.44. The lowest BCUT2D eigenvalue weighted by molar-refractivity contribution is 0.200. The maximum absolute atomic E-state index is 12.0. The zero-order valence-corrected chi connectivity index (χ0v) is 15.7. The molecule has 1 N–H and O–H groups in total. The van der Waals surface area contributed by atoms with Crippen molar-refractivity contribution < 1.29 is 9.53 Å². The summed E-state index contributed by atoms with van der Waals surface area (Å²) in [7, 11) is 0. The maximum atomic E-state index is 12.0. The van der Waals surface area contributed by atoms with Crippen molar-refractivity contribution in [3.63, 3.8) is 0 Å². The van der Waals surface area contributed by atoms with Crippen molar-refractivity contribution in [2.24, 2.45) is 0 Å². The van der Waals surface area contributed by atoms with Crippen LogP contribution in [0, 0.1) is 0 Å². The minimum absolute atomic E-state index is 0.327. The second-order valence-electron chi connectivity index (χ2n) is 7.39. The Balaban J connectivity index is 1.49. The summed E-state index contributed by atoms with van der Waals surface area (Å²) >= 11 is 0. The third-order valence-corrected chi connectivity index (χ3v) is 5.77. The molecule has 0 saturated carbocycles. The van der Waals surface area contributed by atoms with Crippen molar-refractivity contribution in [3.05, 3.63) is 29.3 Å². The molecule has 0 bridgehead atoms. The van der Waals surface area contributed by atoms with Crippen molar-refractivity contribution >= 4 is 6.09 Å². The molecule has 0 unspecified atom stereocenters. The molecule has 1 aromatic carbocycles. The highest BCUT2D eigenvalue weighted by Gasteiger charge is 2.40. The number of likely N-dealkylation sites (N-methyl/N-ethyl adjacent to an activating group) is 1. The van der Waals surface area contributed by atoms with Crippen molar-refractivity contribution in [2.75, 3.05) is 19.6 Å². The SMILES string of the molecule is CCCCCCCNC(=O)Oc1ccc2c(c1)[C@H]1CCN(CC)[C@H]1C2. The van der Waals surface area contributed by atoms with Crippen LogP contribution in [0.2, 0.25) is 0 Å². The second kappa shape index (κ2) is 8.70. The largest absolute Gasteiger partial charge is 0.412 e. The van der Waals surface area contributed by atoms with E-state index < -0.39 is 0 Å². The molecule has 0 radical (unpaired) electrons. The van der Waals surface area contributed by atoms with Gasteiger partial charge in [0.25, 0.3) is 0 Å². The number of carbonyl (C=O) groups excluding carboxylic acids is 1. The highest BCUT2D eigenvalue weighted by atomic mass is 16.6.